The van der Waals surface area contributed by atoms with E-state index in [0.717, 1.165) is 16.1 Å². The molecule has 0 saturated carbocycles. The summed E-state index contributed by atoms with van der Waals surface area (Å²) in [5.41, 5.74) is 1.05. The first-order valence-corrected chi connectivity index (χ1v) is 4.61. The number of rotatable bonds is 1. The maximum absolute atomic E-state index is 4.07. The molecule has 0 aromatic heterocycles. The molecule has 0 aliphatic heterocycles. The first-order chi connectivity index (χ1) is 6.74. The second-order valence-corrected chi connectivity index (χ2v) is 3.36. The number of hydrogen-bond acceptors (Lipinski definition) is 1. The van der Waals surface area contributed by atoms with Gasteiger partial charge in [-0.3, -0.25) is 0 Å². The second-order valence-electron chi connectivity index (χ2n) is 3.36. The maximum atomic E-state index is 4.07. The Kier molecular flexibility index (Phi) is 2.01. The van der Waals surface area contributed by atoms with Gasteiger partial charge in [0.15, 0.2) is 0 Å². The molecule has 70 valence electrons. The molecule has 0 bridgehead atoms. The van der Waals surface area contributed by atoms with E-state index in [9.17, 15) is 0 Å². The van der Waals surface area contributed by atoms with Crippen molar-refractivity contribution >= 4 is 29.6 Å². The molecule has 1 N–H and O–H groups in total. The number of nitrogens with one attached hydrogen (secondary N) is 1. The Morgan fingerprint density at radius 1 is 1.07 bits per heavy atom. The molecule has 0 atom stereocenters. The van der Waals surface area contributed by atoms with Crippen molar-refractivity contribution in [1.82, 2.24) is 0 Å². The van der Waals surface area contributed by atoms with Crippen LogP contribution in [0.3, 0.4) is 0 Å². The predicted octanol–water partition coefficient (Wildman–Crippen LogP) is 1.70. The SMILES string of the molecule is C=c1cc(NC)c(=C)c2ccccc12. The van der Waals surface area contributed by atoms with E-state index >= 15 is 0 Å². The van der Waals surface area contributed by atoms with E-state index in [0.29, 0.717) is 0 Å². The summed E-state index contributed by atoms with van der Waals surface area (Å²) in [5, 5.41) is 7.55. The molecule has 14 heavy (non-hydrogen) atoms. The molecular weight excluding hydrogens is 170 g/mol. The summed E-state index contributed by atoms with van der Waals surface area (Å²) in [7, 11) is 1.90. The molecular formula is C13H13N. The first-order valence-electron chi connectivity index (χ1n) is 4.61. The molecule has 0 fully saturated rings. The summed E-state index contributed by atoms with van der Waals surface area (Å²) in [4.78, 5) is 0. The lowest BCUT2D eigenvalue weighted by atomic mass is 10.1. The molecule has 2 rings (SSSR count). The quantitative estimate of drug-likeness (QED) is 0.709. The van der Waals surface area contributed by atoms with E-state index in [-0.39, 0.29) is 0 Å². The fraction of sp³-hybridized carbons (Fsp3) is 0.0769. The third-order valence-corrected chi connectivity index (χ3v) is 2.51. The number of benzene rings is 2. The van der Waals surface area contributed by atoms with Crippen LogP contribution in [0.1, 0.15) is 0 Å². The van der Waals surface area contributed by atoms with Crippen LogP contribution in [0.5, 0.6) is 0 Å². The maximum Gasteiger partial charge on any atom is 0.0417 e. The summed E-state index contributed by atoms with van der Waals surface area (Å²) in [5.74, 6) is 0. The highest BCUT2D eigenvalue weighted by molar-refractivity contribution is 5.87. The minimum Gasteiger partial charge on any atom is -0.388 e. The highest BCUT2D eigenvalue weighted by Gasteiger charge is 1.98. The van der Waals surface area contributed by atoms with Gasteiger partial charge in [-0.05, 0) is 27.3 Å². The lowest BCUT2D eigenvalue weighted by Gasteiger charge is -2.05. The van der Waals surface area contributed by atoms with Gasteiger partial charge in [0.25, 0.3) is 0 Å². The van der Waals surface area contributed by atoms with Gasteiger partial charge in [-0.2, -0.15) is 0 Å². The number of hydrogen-bond donors (Lipinski definition) is 1. The molecule has 0 radical (unpaired) electrons. The minimum absolute atomic E-state index is 1.04. The fourth-order valence-electron chi connectivity index (χ4n) is 1.73. The van der Waals surface area contributed by atoms with Crippen molar-refractivity contribution in [3.05, 3.63) is 40.8 Å². The second kappa shape index (κ2) is 3.18. The summed E-state index contributed by atoms with van der Waals surface area (Å²) in [6.07, 6.45) is 0. The number of fused-ring (bicyclic) bond motifs is 1. The van der Waals surface area contributed by atoms with Crippen LogP contribution in [-0.4, -0.2) is 7.05 Å². The molecule has 0 saturated heterocycles. The van der Waals surface area contributed by atoms with Crippen LogP contribution in [-0.2, 0) is 0 Å². The molecule has 0 spiro atoms. The Bertz CT molecular complexity index is 570. The third-order valence-electron chi connectivity index (χ3n) is 2.51. The van der Waals surface area contributed by atoms with Gasteiger partial charge in [-0.1, -0.05) is 37.4 Å². The minimum atomic E-state index is 1.04. The average Bonchev–Trinajstić information content (AvgIpc) is 2.23. The van der Waals surface area contributed by atoms with Crippen LogP contribution in [0.15, 0.2) is 30.3 Å². The normalized spacial score (nSPS) is 10.4. The Morgan fingerprint density at radius 3 is 2.36 bits per heavy atom. The van der Waals surface area contributed by atoms with Gasteiger partial charge in [-0.25, -0.2) is 0 Å². The Morgan fingerprint density at radius 2 is 1.71 bits per heavy atom. The van der Waals surface area contributed by atoms with E-state index in [4.69, 9.17) is 0 Å². The van der Waals surface area contributed by atoms with E-state index in [1.807, 2.05) is 25.2 Å². The molecule has 0 unspecified atom stereocenters. The van der Waals surface area contributed by atoms with Crippen molar-refractivity contribution in [2.45, 2.75) is 0 Å². The summed E-state index contributed by atoms with van der Waals surface area (Å²) in [6.45, 7) is 8.10. The highest BCUT2D eigenvalue weighted by atomic mass is 14.8. The number of anilines is 1. The summed E-state index contributed by atoms with van der Waals surface area (Å²) < 4.78 is 0. The standard InChI is InChI=1S/C13H13N/c1-9-8-13(14-3)10(2)12-7-5-4-6-11(9)12/h4-8,14H,1-2H2,3H3. The lowest BCUT2D eigenvalue weighted by molar-refractivity contribution is 1.49. The van der Waals surface area contributed by atoms with Crippen molar-refractivity contribution in [3.63, 3.8) is 0 Å². The fourth-order valence-corrected chi connectivity index (χ4v) is 1.73. The van der Waals surface area contributed by atoms with E-state index in [1.54, 1.807) is 0 Å². The van der Waals surface area contributed by atoms with Crippen LogP contribution in [0, 0.1) is 0 Å². The van der Waals surface area contributed by atoms with Gasteiger partial charge in [0, 0.05) is 12.7 Å². The van der Waals surface area contributed by atoms with Crippen LogP contribution >= 0.6 is 0 Å². The zero-order valence-corrected chi connectivity index (χ0v) is 8.30. The predicted molar refractivity (Wildman–Crippen MR) is 63.8 cm³/mol. The molecule has 0 amide bonds. The van der Waals surface area contributed by atoms with E-state index < -0.39 is 0 Å². The Balaban J connectivity index is 3.03. The third kappa shape index (κ3) is 1.18. The van der Waals surface area contributed by atoms with Gasteiger partial charge in [-0.15, -0.1) is 0 Å². The first kappa shape index (κ1) is 8.82. The molecule has 2 aromatic rings. The molecule has 0 heterocycles. The van der Waals surface area contributed by atoms with Gasteiger partial charge in [0.05, 0.1) is 0 Å². The van der Waals surface area contributed by atoms with Crippen molar-refractivity contribution in [3.8, 4) is 0 Å². The van der Waals surface area contributed by atoms with Gasteiger partial charge in [0.2, 0.25) is 0 Å². The smallest absolute Gasteiger partial charge is 0.0417 e. The highest BCUT2D eigenvalue weighted by Crippen LogP contribution is 2.07. The average molecular weight is 183 g/mol. The van der Waals surface area contributed by atoms with Gasteiger partial charge < -0.3 is 5.32 Å². The molecule has 0 aliphatic carbocycles. The topological polar surface area (TPSA) is 12.0 Å². The molecule has 0 aliphatic rings. The summed E-state index contributed by atoms with van der Waals surface area (Å²) in [6, 6.07) is 10.2. The molecule has 2 aromatic carbocycles. The zero-order chi connectivity index (χ0) is 10.1. The van der Waals surface area contributed by atoms with Gasteiger partial charge >= 0.3 is 0 Å². The van der Waals surface area contributed by atoms with E-state index in [2.05, 4.69) is 30.6 Å². The largest absolute Gasteiger partial charge is 0.388 e. The van der Waals surface area contributed by atoms with Crippen molar-refractivity contribution in [2.75, 3.05) is 12.4 Å². The monoisotopic (exact) mass is 183 g/mol. The van der Waals surface area contributed by atoms with Crippen LogP contribution in [0.4, 0.5) is 5.69 Å². The zero-order valence-electron chi connectivity index (χ0n) is 8.30. The molecule has 1 heteroatoms. The Labute approximate surface area is 83.4 Å². The van der Waals surface area contributed by atoms with Crippen molar-refractivity contribution in [2.24, 2.45) is 0 Å². The van der Waals surface area contributed by atoms with Crippen molar-refractivity contribution < 1.29 is 0 Å². The van der Waals surface area contributed by atoms with Crippen LogP contribution < -0.4 is 15.8 Å². The lowest BCUT2D eigenvalue weighted by Crippen LogP contribution is -2.14. The van der Waals surface area contributed by atoms with Crippen molar-refractivity contribution in [1.29, 1.82) is 0 Å². The summed E-state index contributed by atoms with van der Waals surface area (Å²) >= 11 is 0. The Hall–Kier alpha value is -1.76. The molecule has 1 nitrogen and oxygen atoms in total. The van der Waals surface area contributed by atoms with Gasteiger partial charge in [0.1, 0.15) is 0 Å². The van der Waals surface area contributed by atoms with Crippen LogP contribution in [0.2, 0.25) is 0 Å². The van der Waals surface area contributed by atoms with E-state index in [1.165, 1.54) is 10.8 Å². The van der Waals surface area contributed by atoms with Crippen LogP contribution in [0.25, 0.3) is 23.9 Å².